The molecular weight excluding hydrogens is 470 g/mol. The highest BCUT2D eigenvalue weighted by molar-refractivity contribution is 9.10. The van der Waals surface area contributed by atoms with E-state index in [1.54, 1.807) is 0 Å². The van der Waals surface area contributed by atoms with Crippen molar-refractivity contribution >= 4 is 27.5 Å². The Morgan fingerprint density at radius 2 is 1.54 bits per heavy atom. The van der Waals surface area contributed by atoms with Crippen LogP contribution in [0.4, 0.5) is 40.8 Å². The van der Waals surface area contributed by atoms with Gasteiger partial charge in [-0.25, -0.2) is 22.0 Å². The van der Waals surface area contributed by atoms with Crippen molar-refractivity contribution in [2.75, 3.05) is 5.32 Å². The maximum atomic E-state index is 13.6. The van der Waals surface area contributed by atoms with Crippen molar-refractivity contribution in [2.24, 2.45) is 0 Å². The Morgan fingerprint density at radius 1 is 1.04 bits per heavy atom. The number of rotatable bonds is 4. The first-order valence-corrected chi connectivity index (χ1v) is 8.37. The summed E-state index contributed by atoms with van der Waals surface area (Å²) < 4.78 is 106. The molecule has 1 saturated carbocycles. The second-order valence-corrected chi connectivity index (χ2v) is 6.76. The fraction of sp³-hybridized carbons (Fsp3) is 0.333. The number of nitrogens with zero attached hydrogens (tertiary/aromatic N) is 2. The Kier molecular flexibility index (Phi) is 5.15. The lowest BCUT2D eigenvalue weighted by Crippen LogP contribution is -2.23. The fourth-order valence-electron chi connectivity index (χ4n) is 2.53. The third kappa shape index (κ3) is 3.59. The van der Waals surface area contributed by atoms with E-state index < -0.39 is 59.1 Å². The Hall–Kier alpha value is -2.18. The molecule has 1 fully saturated rings. The molecule has 28 heavy (non-hydrogen) atoms. The maximum Gasteiger partial charge on any atom is 0.436 e. The standard InChI is InChI=1S/C15H8BrF8N3O/c16-6-13(4-1-2-4)27(26-14(6)15(22,23)24)3-5(28)25-12-10(20)8(18)7(17)9(19)11(12)21/h4H,1-3H2,(H,25,28). The lowest BCUT2D eigenvalue weighted by molar-refractivity contribution is -0.142. The number of nitrogens with one attached hydrogen (secondary N) is 1. The van der Waals surface area contributed by atoms with Crippen LogP contribution in [0.5, 0.6) is 0 Å². The van der Waals surface area contributed by atoms with Crippen LogP contribution in [0.15, 0.2) is 4.47 Å². The van der Waals surface area contributed by atoms with Crippen LogP contribution in [0.3, 0.4) is 0 Å². The molecule has 0 saturated heterocycles. The molecule has 1 aliphatic rings. The number of anilines is 1. The first-order valence-electron chi connectivity index (χ1n) is 7.58. The first-order chi connectivity index (χ1) is 12.9. The van der Waals surface area contributed by atoms with Crippen molar-refractivity contribution in [1.29, 1.82) is 0 Å². The highest BCUT2D eigenvalue weighted by Gasteiger charge is 2.42. The van der Waals surface area contributed by atoms with Crippen LogP contribution in [0, 0.1) is 29.1 Å². The van der Waals surface area contributed by atoms with E-state index in [1.165, 1.54) is 5.32 Å². The predicted molar refractivity (Wildman–Crippen MR) is 81.8 cm³/mol. The zero-order valence-corrected chi connectivity index (χ0v) is 15.0. The largest absolute Gasteiger partial charge is 0.436 e. The van der Waals surface area contributed by atoms with Crippen molar-refractivity contribution in [1.82, 2.24) is 9.78 Å². The average molecular weight is 478 g/mol. The average Bonchev–Trinajstić information content (AvgIpc) is 3.38. The molecule has 1 aromatic heterocycles. The molecule has 3 rings (SSSR count). The molecule has 4 nitrogen and oxygen atoms in total. The molecule has 1 N–H and O–H groups in total. The Labute approximate surface area is 159 Å². The molecule has 0 bridgehead atoms. The van der Waals surface area contributed by atoms with Crippen LogP contribution >= 0.6 is 15.9 Å². The maximum absolute atomic E-state index is 13.6. The first kappa shape index (κ1) is 20.6. The number of halogens is 9. The number of carbonyl (C=O) groups excluding carboxylic acids is 1. The number of carbonyl (C=O) groups is 1. The highest BCUT2D eigenvalue weighted by atomic mass is 79.9. The normalized spacial score (nSPS) is 14.5. The molecule has 1 aliphatic carbocycles. The molecular formula is C15H8BrF8N3O. The van der Waals surface area contributed by atoms with Crippen LogP contribution in [0.2, 0.25) is 0 Å². The summed E-state index contributed by atoms with van der Waals surface area (Å²) in [7, 11) is 0. The van der Waals surface area contributed by atoms with E-state index in [-0.39, 0.29) is 16.1 Å². The van der Waals surface area contributed by atoms with Gasteiger partial charge in [0.2, 0.25) is 11.7 Å². The lowest BCUT2D eigenvalue weighted by atomic mass is 10.2. The third-order valence-electron chi connectivity index (χ3n) is 3.93. The summed E-state index contributed by atoms with van der Waals surface area (Å²) in [4.78, 5) is 12.0. The van der Waals surface area contributed by atoms with Gasteiger partial charge in [0.05, 0.1) is 10.2 Å². The molecule has 2 aromatic rings. The van der Waals surface area contributed by atoms with Crippen molar-refractivity contribution in [3.05, 3.63) is 44.9 Å². The van der Waals surface area contributed by atoms with Crippen molar-refractivity contribution in [2.45, 2.75) is 31.5 Å². The van der Waals surface area contributed by atoms with E-state index in [4.69, 9.17) is 0 Å². The van der Waals surface area contributed by atoms with Crippen molar-refractivity contribution in [3.63, 3.8) is 0 Å². The topological polar surface area (TPSA) is 46.9 Å². The predicted octanol–water partition coefficient (Wildman–Crippen LogP) is 4.88. The van der Waals surface area contributed by atoms with Crippen LogP contribution in [0.1, 0.15) is 30.1 Å². The van der Waals surface area contributed by atoms with Gasteiger partial charge in [0.1, 0.15) is 12.2 Å². The van der Waals surface area contributed by atoms with Gasteiger partial charge in [-0.15, -0.1) is 0 Å². The minimum atomic E-state index is -4.83. The van der Waals surface area contributed by atoms with E-state index in [2.05, 4.69) is 21.0 Å². The van der Waals surface area contributed by atoms with E-state index in [0.29, 0.717) is 17.5 Å². The van der Waals surface area contributed by atoms with Crippen molar-refractivity contribution < 1.29 is 39.9 Å². The van der Waals surface area contributed by atoms with Gasteiger partial charge < -0.3 is 5.32 Å². The van der Waals surface area contributed by atoms with Gasteiger partial charge in [-0.05, 0) is 28.8 Å². The minimum absolute atomic E-state index is 0.0555. The van der Waals surface area contributed by atoms with E-state index >= 15 is 0 Å². The molecule has 0 atom stereocenters. The monoisotopic (exact) mass is 477 g/mol. The summed E-state index contributed by atoms with van der Waals surface area (Å²) in [6.07, 6.45) is -3.74. The molecule has 0 unspecified atom stereocenters. The SMILES string of the molecule is O=C(Cn1nc(C(F)(F)F)c(Br)c1C1CC1)Nc1c(F)c(F)c(F)c(F)c1F. The summed E-state index contributed by atoms with van der Waals surface area (Å²) in [5.74, 6) is -13.1. The molecule has 13 heteroatoms. The van der Waals surface area contributed by atoms with Crippen LogP contribution in [-0.2, 0) is 17.5 Å². The van der Waals surface area contributed by atoms with E-state index in [9.17, 15) is 39.9 Å². The van der Waals surface area contributed by atoms with Crippen LogP contribution in [-0.4, -0.2) is 15.7 Å². The number of amides is 1. The Balaban J connectivity index is 1.91. The molecule has 1 aromatic carbocycles. The van der Waals surface area contributed by atoms with Gasteiger partial charge in [-0.1, -0.05) is 0 Å². The summed E-state index contributed by atoms with van der Waals surface area (Å²) in [5, 5.41) is 4.80. The smallest absolute Gasteiger partial charge is 0.319 e. The summed E-state index contributed by atoms with van der Waals surface area (Å²) in [5.41, 5.74) is -2.84. The van der Waals surface area contributed by atoms with Crippen molar-refractivity contribution in [3.8, 4) is 0 Å². The molecule has 0 radical (unpaired) electrons. The zero-order valence-electron chi connectivity index (χ0n) is 13.4. The molecule has 1 heterocycles. The number of hydrogen-bond acceptors (Lipinski definition) is 2. The minimum Gasteiger partial charge on any atom is -0.319 e. The number of aromatic nitrogens is 2. The Bertz CT molecular complexity index is 938. The second-order valence-electron chi connectivity index (χ2n) is 5.97. The molecule has 0 spiro atoms. The van der Waals surface area contributed by atoms with Crippen LogP contribution < -0.4 is 5.32 Å². The lowest BCUT2D eigenvalue weighted by Gasteiger charge is -2.11. The molecule has 1 amide bonds. The van der Waals surface area contributed by atoms with Gasteiger partial charge in [0, 0.05) is 5.92 Å². The van der Waals surface area contributed by atoms with E-state index in [1.807, 2.05) is 0 Å². The quantitative estimate of drug-likeness (QED) is 0.387. The van der Waals surface area contributed by atoms with Gasteiger partial charge >= 0.3 is 6.18 Å². The molecule has 152 valence electrons. The summed E-state index contributed by atoms with van der Waals surface area (Å²) >= 11 is 2.79. The summed E-state index contributed by atoms with van der Waals surface area (Å²) in [6.45, 7) is -0.931. The summed E-state index contributed by atoms with van der Waals surface area (Å²) in [6, 6.07) is 0. The van der Waals surface area contributed by atoms with Gasteiger partial charge in [-0.3, -0.25) is 9.48 Å². The fourth-order valence-corrected chi connectivity index (χ4v) is 3.36. The van der Waals surface area contributed by atoms with Gasteiger partial charge in [0.25, 0.3) is 0 Å². The Morgan fingerprint density at radius 3 is 2.00 bits per heavy atom. The van der Waals surface area contributed by atoms with Gasteiger partial charge in [-0.2, -0.15) is 18.3 Å². The number of alkyl halides is 3. The molecule has 0 aliphatic heterocycles. The van der Waals surface area contributed by atoms with Crippen LogP contribution in [0.25, 0.3) is 0 Å². The number of benzene rings is 1. The zero-order chi connectivity index (χ0) is 21.0. The third-order valence-corrected chi connectivity index (χ3v) is 4.71. The highest BCUT2D eigenvalue weighted by Crippen LogP contribution is 2.47. The van der Waals surface area contributed by atoms with Gasteiger partial charge in [0.15, 0.2) is 29.0 Å². The second kappa shape index (κ2) is 7.01. The van der Waals surface area contributed by atoms with E-state index in [0.717, 1.165) is 0 Å². The number of hydrogen-bond donors (Lipinski definition) is 1.